The summed E-state index contributed by atoms with van der Waals surface area (Å²) in [5.74, 6) is -2.65. The van der Waals surface area contributed by atoms with Crippen LogP contribution in [-0.2, 0) is 28.5 Å². The van der Waals surface area contributed by atoms with Crippen LogP contribution >= 0.6 is 0 Å². The zero-order valence-corrected chi connectivity index (χ0v) is 28.9. The SMILES string of the molecule is CCC1=C(C)C2=NC1=CC1=C(C)C3=C(O)[C@H](C(=O)OC)C(=C4NC(=CC5=NC(=C2)C(COC(=O)OC)=C5C)[C@@H](C)[C@@H]4CCC(=O)OC)C3=N1. The van der Waals surface area contributed by atoms with Crippen LogP contribution in [0.3, 0.4) is 0 Å². The molecule has 0 amide bonds. The van der Waals surface area contributed by atoms with Gasteiger partial charge in [-0.2, -0.15) is 0 Å². The molecule has 1 saturated heterocycles. The van der Waals surface area contributed by atoms with Crippen LogP contribution in [0.4, 0.5) is 4.79 Å². The van der Waals surface area contributed by atoms with Crippen LogP contribution in [0.1, 0.15) is 53.9 Å². The Balaban J connectivity index is 1.63. The minimum Gasteiger partial charge on any atom is -0.510 e. The third kappa shape index (κ3) is 5.58. The van der Waals surface area contributed by atoms with Gasteiger partial charge in [0.15, 0.2) is 0 Å². The summed E-state index contributed by atoms with van der Waals surface area (Å²) >= 11 is 0. The van der Waals surface area contributed by atoms with Crippen LogP contribution in [0, 0.1) is 17.8 Å². The van der Waals surface area contributed by atoms with Crippen molar-refractivity contribution in [1.82, 2.24) is 5.32 Å². The summed E-state index contributed by atoms with van der Waals surface area (Å²) in [5, 5.41) is 15.3. The van der Waals surface area contributed by atoms with Crippen molar-refractivity contribution < 1.29 is 38.4 Å². The molecule has 1 aliphatic carbocycles. The zero-order chi connectivity index (χ0) is 35.3. The number of esters is 2. The van der Waals surface area contributed by atoms with Gasteiger partial charge in [-0.15, -0.1) is 0 Å². The van der Waals surface area contributed by atoms with E-state index in [1.165, 1.54) is 21.3 Å². The summed E-state index contributed by atoms with van der Waals surface area (Å²) in [6.07, 6.45) is 6.20. The number of hydrogen-bond acceptors (Lipinski definition) is 12. The lowest BCUT2D eigenvalue weighted by atomic mass is 9.84. The van der Waals surface area contributed by atoms with Crippen molar-refractivity contribution in [2.24, 2.45) is 32.7 Å². The number of aliphatic hydroxyl groups excluding tert-OH is 1. The van der Waals surface area contributed by atoms with E-state index in [9.17, 15) is 19.5 Å². The first-order valence-electron chi connectivity index (χ1n) is 16.3. The molecule has 12 heteroatoms. The van der Waals surface area contributed by atoms with Gasteiger partial charge in [-0.3, -0.25) is 9.59 Å². The fraction of sp³-hybridized carbons (Fsp3) is 0.405. The fourth-order valence-corrected chi connectivity index (χ4v) is 7.30. The van der Waals surface area contributed by atoms with E-state index >= 15 is 0 Å². The number of nitrogens with zero attached hydrogens (tertiary/aromatic N) is 3. The molecule has 0 aromatic heterocycles. The highest BCUT2D eigenvalue weighted by atomic mass is 16.7. The van der Waals surface area contributed by atoms with Gasteiger partial charge in [0, 0.05) is 46.4 Å². The molecule has 0 radical (unpaired) electrons. The average Bonchev–Trinajstić information content (AvgIpc) is 3.83. The highest BCUT2D eigenvalue weighted by Gasteiger charge is 2.49. The van der Waals surface area contributed by atoms with Crippen molar-refractivity contribution in [2.45, 2.75) is 53.9 Å². The smallest absolute Gasteiger partial charge is 0.508 e. The Bertz CT molecular complexity index is 1940. The minimum absolute atomic E-state index is 0.0578. The van der Waals surface area contributed by atoms with E-state index in [0.717, 1.165) is 33.8 Å². The lowest BCUT2D eigenvalue weighted by Gasteiger charge is -2.20. The van der Waals surface area contributed by atoms with Gasteiger partial charge in [0.1, 0.15) is 18.3 Å². The molecule has 1 fully saturated rings. The Morgan fingerprint density at radius 2 is 1.55 bits per heavy atom. The monoisotopic (exact) mass is 668 g/mol. The van der Waals surface area contributed by atoms with Crippen molar-refractivity contribution in [2.75, 3.05) is 27.9 Å². The van der Waals surface area contributed by atoms with Gasteiger partial charge in [-0.05, 0) is 74.1 Å². The fourth-order valence-electron chi connectivity index (χ4n) is 7.30. The first-order chi connectivity index (χ1) is 23.4. The summed E-state index contributed by atoms with van der Waals surface area (Å²) in [6.45, 7) is 9.84. The zero-order valence-electron chi connectivity index (χ0n) is 28.9. The van der Waals surface area contributed by atoms with E-state index in [4.69, 9.17) is 33.9 Å². The molecular weight excluding hydrogens is 628 g/mol. The number of carbonyl (C=O) groups is 3. The van der Waals surface area contributed by atoms with Gasteiger partial charge in [0.2, 0.25) is 0 Å². The normalized spacial score (nSPS) is 24.0. The number of aliphatic imine (C=N–C) groups is 3. The highest BCUT2D eigenvalue weighted by molar-refractivity contribution is 6.24. The summed E-state index contributed by atoms with van der Waals surface area (Å²) in [7, 11) is 3.90. The predicted octanol–water partition coefficient (Wildman–Crippen LogP) is 5.79. The third-order valence-electron chi connectivity index (χ3n) is 10.1. The van der Waals surface area contributed by atoms with Crippen LogP contribution in [-0.4, -0.2) is 68.3 Å². The average molecular weight is 669 g/mol. The summed E-state index contributed by atoms with van der Waals surface area (Å²) in [5.41, 5.74) is 10.5. The Hall–Kier alpha value is -5.26. The van der Waals surface area contributed by atoms with Gasteiger partial charge < -0.3 is 29.4 Å². The van der Waals surface area contributed by atoms with Crippen molar-refractivity contribution in [3.05, 3.63) is 91.5 Å². The number of aliphatic hydroxyl groups is 1. The van der Waals surface area contributed by atoms with Crippen LogP contribution in [0.15, 0.2) is 106 Å². The number of fused-ring (bicyclic) bond motifs is 5. The quantitative estimate of drug-likeness (QED) is 0.253. The molecule has 0 aromatic rings. The maximum absolute atomic E-state index is 13.4. The Labute approximate surface area is 284 Å². The van der Waals surface area contributed by atoms with E-state index in [0.29, 0.717) is 63.6 Å². The van der Waals surface area contributed by atoms with E-state index in [1.54, 1.807) is 0 Å². The van der Waals surface area contributed by atoms with Crippen molar-refractivity contribution in [3.63, 3.8) is 0 Å². The molecule has 0 spiro atoms. The second-order valence-corrected chi connectivity index (χ2v) is 12.6. The Kier molecular flexibility index (Phi) is 8.91. The number of methoxy groups -OCH3 is 3. The van der Waals surface area contributed by atoms with E-state index in [2.05, 4.69) is 12.2 Å². The van der Waals surface area contributed by atoms with Crippen molar-refractivity contribution >= 4 is 35.2 Å². The molecule has 0 aromatic carbocycles. The van der Waals surface area contributed by atoms with Crippen LogP contribution < -0.4 is 5.32 Å². The molecule has 2 N–H and O–H groups in total. The number of allylic oxidation sites excluding steroid dienone is 10. The molecule has 5 heterocycles. The second kappa shape index (κ2) is 13.0. The molecule has 0 unspecified atom stereocenters. The molecule has 0 saturated carbocycles. The molecule has 6 aliphatic rings. The predicted molar refractivity (Wildman–Crippen MR) is 183 cm³/mol. The molecule has 256 valence electrons. The molecule has 3 atom stereocenters. The summed E-state index contributed by atoms with van der Waals surface area (Å²) in [4.78, 5) is 52.8. The lowest BCUT2D eigenvalue weighted by molar-refractivity contribution is -0.143. The topological polar surface area (TPSA) is 157 Å². The molecule has 8 bridgehead atoms. The summed E-state index contributed by atoms with van der Waals surface area (Å²) < 4.78 is 20.3. The van der Waals surface area contributed by atoms with Gasteiger partial charge in [0.05, 0.1) is 55.6 Å². The first kappa shape index (κ1) is 33.6. The third-order valence-corrected chi connectivity index (χ3v) is 10.1. The molecular formula is C37H40N4O8. The minimum atomic E-state index is -1.11. The van der Waals surface area contributed by atoms with Crippen LogP contribution in [0.2, 0.25) is 0 Å². The highest BCUT2D eigenvalue weighted by Crippen LogP contribution is 2.49. The van der Waals surface area contributed by atoms with E-state index < -0.39 is 18.0 Å². The maximum Gasteiger partial charge on any atom is 0.508 e. The number of ether oxygens (including phenoxy) is 4. The largest absolute Gasteiger partial charge is 0.510 e. The van der Waals surface area contributed by atoms with Crippen molar-refractivity contribution in [1.29, 1.82) is 0 Å². The van der Waals surface area contributed by atoms with Crippen molar-refractivity contribution in [3.8, 4) is 0 Å². The number of hydrogen-bond donors (Lipinski definition) is 2. The number of carbonyl (C=O) groups excluding carboxylic acids is 3. The lowest BCUT2D eigenvalue weighted by Crippen LogP contribution is -2.25. The Morgan fingerprint density at radius 1 is 0.878 bits per heavy atom. The van der Waals surface area contributed by atoms with Crippen LogP contribution in [0.5, 0.6) is 0 Å². The van der Waals surface area contributed by atoms with Gasteiger partial charge in [-0.1, -0.05) is 13.8 Å². The summed E-state index contributed by atoms with van der Waals surface area (Å²) in [6, 6.07) is 0. The Morgan fingerprint density at radius 3 is 2.20 bits per heavy atom. The molecule has 5 aliphatic heterocycles. The molecule has 49 heavy (non-hydrogen) atoms. The maximum atomic E-state index is 13.4. The number of nitrogens with one attached hydrogen (secondary N) is 1. The molecule has 6 rings (SSSR count). The van der Waals surface area contributed by atoms with Gasteiger partial charge in [0.25, 0.3) is 0 Å². The van der Waals surface area contributed by atoms with E-state index in [1.807, 2.05) is 45.9 Å². The standard InChI is InChI=1S/C37H40N4O8/c1-9-20-16(2)24-13-28-22(15-49-37(45)48-8)18(4)23(39-28)12-25-17(3)21(10-11-29(42)46-6)33(40-25)31-32(36(44)47-7)35(43)30-19(5)26(41-34(30)31)14-27(20)38-24/h12-14,17,21,32,40,43H,9-11,15H2,1-8H3/t17-,21-,32+/m0/s1. The second-order valence-electron chi connectivity index (χ2n) is 12.6. The molecule has 12 nitrogen and oxygen atoms in total. The van der Waals surface area contributed by atoms with Gasteiger partial charge >= 0.3 is 18.1 Å². The first-order valence-corrected chi connectivity index (χ1v) is 16.3. The van der Waals surface area contributed by atoms with E-state index in [-0.39, 0.29) is 36.6 Å². The van der Waals surface area contributed by atoms with Crippen LogP contribution in [0.25, 0.3) is 0 Å². The van der Waals surface area contributed by atoms with Gasteiger partial charge in [-0.25, -0.2) is 19.8 Å². The number of rotatable bonds is 7.